The van der Waals surface area contributed by atoms with Crippen LogP contribution in [0.2, 0.25) is 0 Å². The van der Waals surface area contributed by atoms with Gasteiger partial charge in [-0.3, -0.25) is 4.79 Å². The molecule has 1 aromatic carbocycles. The Morgan fingerprint density at radius 1 is 1.10 bits per heavy atom. The van der Waals surface area contributed by atoms with E-state index in [9.17, 15) is 4.79 Å². The molecule has 1 aliphatic rings. The number of hydrogen-bond donors (Lipinski definition) is 0. The molecular weight excluding hydrogens is 260 g/mol. The highest BCUT2D eigenvalue weighted by molar-refractivity contribution is 5.69. The Morgan fingerprint density at radius 3 is 2.57 bits per heavy atom. The van der Waals surface area contributed by atoms with Crippen molar-refractivity contribution in [3.8, 4) is 11.1 Å². The van der Waals surface area contributed by atoms with E-state index in [0.717, 1.165) is 18.5 Å². The van der Waals surface area contributed by atoms with E-state index in [1.807, 2.05) is 12.3 Å². The van der Waals surface area contributed by atoms with Gasteiger partial charge in [0.15, 0.2) is 0 Å². The van der Waals surface area contributed by atoms with Crippen LogP contribution in [-0.4, -0.2) is 17.2 Å². The van der Waals surface area contributed by atoms with Crippen LogP contribution in [0.3, 0.4) is 0 Å². The Morgan fingerprint density at radius 2 is 1.86 bits per heavy atom. The summed E-state index contributed by atoms with van der Waals surface area (Å²) in [7, 11) is 1.80. The first kappa shape index (κ1) is 13.9. The molecule has 0 atom stereocenters. The minimum Gasteiger partial charge on any atom is -0.369 e. The predicted molar refractivity (Wildman–Crippen MR) is 87.9 cm³/mol. The maximum absolute atomic E-state index is 11.5. The number of aromatic nitrogens is 1. The minimum absolute atomic E-state index is 0.0303. The largest absolute Gasteiger partial charge is 0.369 e. The van der Waals surface area contributed by atoms with Gasteiger partial charge in [0.05, 0.1) is 0 Å². The Hall–Kier alpha value is -2.03. The summed E-state index contributed by atoms with van der Waals surface area (Å²) in [6, 6.07) is 10.8. The lowest BCUT2D eigenvalue weighted by Gasteiger charge is -2.35. The quantitative estimate of drug-likeness (QED) is 0.845. The molecule has 3 heteroatoms. The van der Waals surface area contributed by atoms with Crippen molar-refractivity contribution in [1.29, 1.82) is 0 Å². The van der Waals surface area contributed by atoms with Crippen LogP contribution < -0.4 is 10.5 Å². The smallest absolute Gasteiger partial charge is 0.250 e. The fourth-order valence-corrected chi connectivity index (χ4v) is 3.11. The molecule has 110 valence electrons. The molecule has 0 fully saturated rings. The first-order valence-corrected chi connectivity index (χ1v) is 7.63. The molecule has 0 unspecified atom stereocenters. The van der Waals surface area contributed by atoms with Crippen LogP contribution in [0.5, 0.6) is 0 Å². The molecule has 3 rings (SSSR count). The van der Waals surface area contributed by atoms with Gasteiger partial charge in [-0.15, -0.1) is 0 Å². The standard InChI is InChI=1S/C18H22N2O/c1-13(2)20-10-4-5-15-11-14(6-8-17(15)20)16-7-9-18(21)19(3)12-16/h6-9,11-13H,4-5,10H2,1-3H3. The molecule has 0 bridgehead atoms. The first-order chi connectivity index (χ1) is 10.1. The number of nitrogens with zero attached hydrogens (tertiary/aromatic N) is 2. The van der Waals surface area contributed by atoms with Crippen LogP contribution in [0.4, 0.5) is 5.69 Å². The zero-order chi connectivity index (χ0) is 15.0. The number of rotatable bonds is 2. The van der Waals surface area contributed by atoms with Gasteiger partial charge in [-0.05, 0) is 61.6 Å². The second-order valence-electron chi connectivity index (χ2n) is 6.10. The van der Waals surface area contributed by atoms with Crippen LogP contribution in [-0.2, 0) is 13.5 Å². The third-order valence-corrected chi connectivity index (χ3v) is 4.28. The molecule has 21 heavy (non-hydrogen) atoms. The summed E-state index contributed by atoms with van der Waals surface area (Å²) in [6.07, 6.45) is 4.26. The zero-order valence-electron chi connectivity index (χ0n) is 13.0. The van der Waals surface area contributed by atoms with Crippen LogP contribution in [0.1, 0.15) is 25.8 Å². The van der Waals surface area contributed by atoms with Crippen LogP contribution in [0.25, 0.3) is 11.1 Å². The molecule has 2 aromatic rings. The normalized spacial score (nSPS) is 14.4. The van der Waals surface area contributed by atoms with Crippen molar-refractivity contribution in [3.05, 3.63) is 52.4 Å². The third kappa shape index (κ3) is 2.60. The van der Waals surface area contributed by atoms with Gasteiger partial charge in [-0.25, -0.2) is 0 Å². The van der Waals surface area contributed by atoms with E-state index in [0.29, 0.717) is 6.04 Å². The Balaban J connectivity index is 2.03. The van der Waals surface area contributed by atoms with Crippen LogP contribution in [0.15, 0.2) is 41.3 Å². The Labute approximate surface area is 125 Å². The van der Waals surface area contributed by atoms with Gasteiger partial charge >= 0.3 is 0 Å². The molecule has 3 nitrogen and oxygen atoms in total. The lowest BCUT2D eigenvalue weighted by atomic mass is 9.96. The molecule has 1 aromatic heterocycles. The molecule has 2 heterocycles. The van der Waals surface area contributed by atoms with E-state index in [1.165, 1.54) is 23.2 Å². The highest BCUT2D eigenvalue weighted by Crippen LogP contribution is 2.32. The number of anilines is 1. The summed E-state index contributed by atoms with van der Waals surface area (Å²) < 4.78 is 1.63. The maximum Gasteiger partial charge on any atom is 0.250 e. The third-order valence-electron chi connectivity index (χ3n) is 4.28. The summed E-state index contributed by atoms with van der Waals surface area (Å²) in [5, 5.41) is 0. The molecule has 0 spiro atoms. The lowest BCUT2D eigenvalue weighted by molar-refractivity contribution is 0.626. The summed E-state index contributed by atoms with van der Waals surface area (Å²) >= 11 is 0. The predicted octanol–water partition coefficient (Wildman–Crippen LogP) is 3.21. The fourth-order valence-electron chi connectivity index (χ4n) is 3.11. The van der Waals surface area contributed by atoms with Gasteiger partial charge in [0.1, 0.15) is 0 Å². The van der Waals surface area contributed by atoms with E-state index in [4.69, 9.17) is 0 Å². The second kappa shape index (κ2) is 5.40. The van der Waals surface area contributed by atoms with Crippen molar-refractivity contribution in [3.63, 3.8) is 0 Å². The average molecular weight is 282 g/mol. The molecule has 0 saturated heterocycles. The van der Waals surface area contributed by atoms with Gasteiger partial charge in [0, 0.05) is 37.6 Å². The lowest BCUT2D eigenvalue weighted by Crippen LogP contribution is -2.35. The molecule has 0 radical (unpaired) electrons. The van der Waals surface area contributed by atoms with Crippen molar-refractivity contribution >= 4 is 5.69 Å². The van der Waals surface area contributed by atoms with E-state index in [1.54, 1.807) is 17.7 Å². The molecule has 1 aliphatic heterocycles. The summed E-state index contributed by atoms with van der Waals surface area (Å²) in [4.78, 5) is 14.0. The van der Waals surface area contributed by atoms with E-state index in [2.05, 4.69) is 36.9 Å². The van der Waals surface area contributed by atoms with Gasteiger partial charge in [-0.2, -0.15) is 0 Å². The van der Waals surface area contributed by atoms with Crippen LogP contribution >= 0.6 is 0 Å². The van der Waals surface area contributed by atoms with E-state index >= 15 is 0 Å². The van der Waals surface area contributed by atoms with Crippen molar-refractivity contribution in [2.24, 2.45) is 7.05 Å². The zero-order valence-corrected chi connectivity index (χ0v) is 13.0. The highest BCUT2D eigenvalue weighted by Gasteiger charge is 2.19. The van der Waals surface area contributed by atoms with Crippen molar-refractivity contribution in [2.45, 2.75) is 32.7 Å². The first-order valence-electron chi connectivity index (χ1n) is 7.63. The average Bonchev–Trinajstić information content (AvgIpc) is 2.48. The Kier molecular flexibility index (Phi) is 3.58. The summed E-state index contributed by atoms with van der Waals surface area (Å²) in [6.45, 7) is 5.63. The monoisotopic (exact) mass is 282 g/mol. The van der Waals surface area contributed by atoms with E-state index < -0.39 is 0 Å². The molecule has 0 saturated carbocycles. The summed E-state index contributed by atoms with van der Waals surface area (Å²) in [5.74, 6) is 0. The number of aryl methyl sites for hydroxylation is 2. The molecule has 0 aliphatic carbocycles. The maximum atomic E-state index is 11.5. The SMILES string of the molecule is CC(C)N1CCCc2cc(-c3ccc(=O)n(C)c3)ccc21. The van der Waals surface area contributed by atoms with Crippen molar-refractivity contribution < 1.29 is 0 Å². The molecular formula is C18H22N2O. The van der Waals surface area contributed by atoms with Crippen LogP contribution in [0, 0.1) is 0 Å². The number of fused-ring (bicyclic) bond motifs is 1. The number of benzene rings is 1. The second-order valence-corrected chi connectivity index (χ2v) is 6.10. The molecule has 0 amide bonds. The van der Waals surface area contributed by atoms with Crippen molar-refractivity contribution in [1.82, 2.24) is 4.57 Å². The van der Waals surface area contributed by atoms with Gasteiger partial charge in [-0.1, -0.05) is 6.07 Å². The number of hydrogen-bond acceptors (Lipinski definition) is 2. The van der Waals surface area contributed by atoms with Crippen molar-refractivity contribution in [2.75, 3.05) is 11.4 Å². The summed E-state index contributed by atoms with van der Waals surface area (Å²) in [5.41, 5.74) is 5.10. The van der Waals surface area contributed by atoms with E-state index in [-0.39, 0.29) is 5.56 Å². The topological polar surface area (TPSA) is 25.2 Å². The Bertz CT molecular complexity index is 715. The van der Waals surface area contributed by atoms with Gasteiger partial charge < -0.3 is 9.47 Å². The number of pyridine rings is 1. The van der Waals surface area contributed by atoms with Gasteiger partial charge in [0.2, 0.25) is 5.56 Å². The van der Waals surface area contributed by atoms with Gasteiger partial charge in [0.25, 0.3) is 0 Å². The minimum atomic E-state index is 0.0303. The highest BCUT2D eigenvalue weighted by atomic mass is 16.1. The fraction of sp³-hybridized carbons (Fsp3) is 0.389. The molecule has 0 N–H and O–H groups in total.